The summed E-state index contributed by atoms with van der Waals surface area (Å²) in [6.45, 7) is 3.29. The van der Waals surface area contributed by atoms with Gasteiger partial charge in [-0.3, -0.25) is 4.55 Å². The molecule has 4 aromatic carbocycles. The van der Waals surface area contributed by atoms with Crippen LogP contribution in [0.4, 0.5) is 45.5 Å². The molecule has 0 fully saturated rings. The summed E-state index contributed by atoms with van der Waals surface area (Å²) in [6, 6.07) is 12.2. The minimum Gasteiger partial charge on any atom is -0.846 e. The Morgan fingerprint density at radius 3 is 1.66 bits per heavy atom. The first-order valence-electron chi connectivity index (χ1n) is 13.5. The van der Waals surface area contributed by atoms with Crippen molar-refractivity contribution in [3.63, 3.8) is 0 Å². The summed E-state index contributed by atoms with van der Waals surface area (Å²) < 4.78 is 78.6. The Bertz CT molecular complexity index is 2220. The van der Waals surface area contributed by atoms with Crippen molar-refractivity contribution >= 4 is 71.8 Å². The molecule has 0 unspecified atom stereocenters. The number of benzene rings is 4. The van der Waals surface area contributed by atoms with E-state index < -0.39 is 36.0 Å². The van der Waals surface area contributed by atoms with Crippen LogP contribution in [0.1, 0.15) is 11.1 Å². The molecule has 6 N–H and O–H groups in total. The third-order valence-corrected chi connectivity index (χ3v) is 8.31. The number of aryl methyl sites for hydroxylation is 2. The Kier molecular flexibility index (Phi) is 14.9. The number of azo groups is 2. The minimum atomic E-state index is -4.85. The summed E-state index contributed by atoms with van der Waals surface area (Å²) >= 11 is 0. The largest absolute Gasteiger partial charge is 1.00 e. The first-order chi connectivity index (χ1) is 22.5. The van der Waals surface area contributed by atoms with Crippen LogP contribution in [0.5, 0.6) is 11.5 Å². The molecule has 0 bridgehead atoms. The monoisotopic (exact) mass is 742 g/mol. The summed E-state index contributed by atoms with van der Waals surface area (Å²) in [7, 11) is -6.76. The first kappa shape index (κ1) is 42.5. The van der Waals surface area contributed by atoms with Crippen molar-refractivity contribution in [1.29, 1.82) is 0 Å². The normalized spacial score (nSPS) is 12.0. The summed E-state index contributed by atoms with van der Waals surface area (Å²) in [5.74, 6) is 0.291. The van der Waals surface area contributed by atoms with Gasteiger partial charge < -0.3 is 35.9 Å². The second kappa shape index (κ2) is 17.5. The van der Waals surface area contributed by atoms with Gasteiger partial charge in [-0.1, -0.05) is 0 Å². The van der Waals surface area contributed by atoms with Gasteiger partial charge in [-0.15, -0.1) is 10.2 Å². The van der Waals surface area contributed by atoms with Crippen molar-refractivity contribution in [3.05, 3.63) is 71.8 Å². The zero-order valence-electron chi connectivity index (χ0n) is 27.7. The summed E-state index contributed by atoms with van der Waals surface area (Å²) in [4.78, 5) is 3.00. The molecule has 0 amide bonds. The fourth-order valence-electron chi connectivity index (χ4n) is 4.20. The molecule has 0 radical (unpaired) electrons. The van der Waals surface area contributed by atoms with Gasteiger partial charge >= 0.3 is 59.1 Å². The van der Waals surface area contributed by atoms with E-state index in [9.17, 15) is 31.0 Å². The van der Waals surface area contributed by atoms with Gasteiger partial charge in [-0.2, -0.15) is 18.6 Å². The van der Waals surface area contributed by atoms with E-state index in [1.54, 1.807) is 13.8 Å². The van der Waals surface area contributed by atoms with Crippen LogP contribution in [0.3, 0.4) is 0 Å². The van der Waals surface area contributed by atoms with Crippen molar-refractivity contribution in [3.8, 4) is 11.5 Å². The van der Waals surface area contributed by atoms with Crippen LogP contribution in [0.2, 0.25) is 0 Å². The molecule has 4 aromatic rings. The van der Waals surface area contributed by atoms with Crippen molar-refractivity contribution in [2.24, 2.45) is 25.4 Å². The number of hydrogen-bond donors (Lipinski definition) is 4. The average molecular weight is 743 g/mol. The van der Waals surface area contributed by atoms with E-state index in [-0.39, 0.29) is 116 Å². The molecule has 0 saturated carbocycles. The zero-order chi connectivity index (χ0) is 35.4. The van der Waals surface area contributed by atoms with Gasteiger partial charge in [0.05, 0.1) is 42.2 Å². The Labute approximate surface area is 332 Å². The minimum absolute atomic E-state index is 0. The third kappa shape index (κ3) is 10.7. The molecule has 0 aliphatic rings. The fraction of sp³-hybridized carbons (Fsp3) is 0.138. The number of rotatable bonds is 10. The maximum Gasteiger partial charge on any atom is 1.00 e. The second-order valence-corrected chi connectivity index (χ2v) is 12.7. The number of aliphatic imine (C=N–C) groups is 1. The van der Waals surface area contributed by atoms with E-state index in [2.05, 4.69) is 30.8 Å². The number of ether oxygens (including phenoxy) is 2. The molecule has 4 rings (SSSR count). The summed E-state index contributed by atoms with van der Waals surface area (Å²) in [5, 5.41) is 31.6. The van der Waals surface area contributed by atoms with E-state index in [1.807, 2.05) is 0 Å². The average Bonchev–Trinajstić information content (AvgIpc) is 2.99. The second-order valence-electron chi connectivity index (χ2n) is 9.97. The van der Waals surface area contributed by atoms with Crippen LogP contribution in [-0.4, -0.2) is 46.2 Å². The van der Waals surface area contributed by atoms with E-state index >= 15 is 0 Å². The van der Waals surface area contributed by atoms with Crippen molar-refractivity contribution < 1.29 is 99.6 Å². The molecule has 17 nitrogen and oxygen atoms in total. The Hall–Kier alpha value is -3.63. The molecular weight excluding hydrogens is 714 g/mol. The Morgan fingerprint density at radius 2 is 1.16 bits per heavy atom. The van der Waals surface area contributed by atoms with E-state index in [1.165, 1.54) is 62.8 Å². The van der Waals surface area contributed by atoms with Crippen LogP contribution in [0.15, 0.2) is 95.9 Å². The molecule has 0 saturated heterocycles. The van der Waals surface area contributed by atoms with E-state index in [4.69, 9.17) is 20.9 Å². The van der Waals surface area contributed by atoms with Gasteiger partial charge in [0.25, 0.3) is 10.1 Å². The van der Waals surface area contributed by atoms with Crippen molar-refractivity contribution in [2.45, 2.75) is 23.6 Å². The van der Waals surface area contributed by atoms with Crippen LogP contribution in [0, 0.1) is 13.8 Å². The van der Waals surface area contributed by atoms with Crippen molar-refractivity contribution in [2.75, 3.05) is 31.0 Å². The molecule has 0 aliphatic carbocycles. The topological polar surface area (TPSA) is 279 Å². The number of nitrogen functional groups attached to an aromatic ring is 2. The quantitative estimate of drug-likeness (QED) is 0.0378. The Balaban J connectivity index is 0.00000433. The first-order valence-corrected chi connectivity index (χ1v) is 16.3. The standard InChI is InChI=1S/C29H30N8O9S2.2Na/c1-15-9-21(25(45-3)13-19(15)34-36-23-11-17(30)5-7-27(23)47(39,40)41)32-29(38)33-22-10-16(2)20(14-26(22)46-4)35-37-24-12-18(31)6-8-28(24)48(42,43)44;;/h5-14H,30-31H2,1-4H3,(H2,32,33,38)(H,39,40,41)(H,42,43,44);;/q;2*+1/p-2. The van der Waals surface area contributed by atoms with Crippen LogP contribution < -0.4 is 90.5 Å². The maximum absolute atomic E-state index is 13.0. The predicted octanol–water partition coefficient (Wildman–Crippen LogP) is -1.07. The molecule has 0 spiro atoms. The molecule has 252 valence electrons. The molecule has 0 aliphatic heterocycles. The number of nitrogens with one attached hydrogen (secondary N) is 1. The molecule has 21 heteroatoms. The van der Waals surface area contributed by atoms with Crippen LogP contribution >= 0.6 is 0 Å². The van der Waals surface area contributed by atoms with Crippen molar-refractivity contribution in [1.82, 2.24) is 0 Å². The summed E-state index contributed by atoms with van der Waals surface area (Å²) in [5.41, 5.74) is 13.2. The summed E-state index contributed by atoms with van der Waals surface area (Å²) in [6.07, 6.45) is 0. The fourth-order valence-corrected chi connectivity index (χ4v) is 5.39. The predicted molar refractivity (Wildman–Crippen MR) is 174 cm³/mol. The number of methoxy groups -OCH3 is 2. The Morgan fingerprint density at radius 1 is 0.700 bits per heavy atom. The molecule has 0 atom stereocenters. The van der Waals surface area contributed by atoms with Crippen LogP contribution in [-0.2, 0) is 20.2 Å². The molecular formula is C29H28N8Na2O9S2. The number of nitrogens with zero attached hydrogens (tertiary/aromatic N) is 5. The molecule has 50 heavy (non-hydrogen) atoms. The van der Waals surface area contributed by atoms with Gasteiger partial charge in [0.15, 0.2) is 0 Å². The van der Waals surface area contributed by atoms with Gasteiger partial charge in [-0.25, -0.2) is 13.4 Å². The molecule has 0 aromatic heterocycles. The van der Waals surface area contributed by atoms with E-state index in [0.717, 1.165) is 12.1 Å². The number of anilines is 3. The van der Waals surface area contributed by atoms with Gasteiger partial charge in [0.2, 0.25) is 0 Å². The number of amidine groups is 1. The van der Waals surface area contributed by atoms with Gasteiger partial charge in [0.1, 0.15) is 43.6 Å². The van der Waals surface area contributed by atoms with Crippen LogP contribution in [0.25, 0.3) is 0 Å². The van der Waals surface area contributed by atoms with Gasteiger partial charge in [-0.05, 0) is 73.5 Å². The van der Waals surface area contributed by atoms with Gasteiger partial charge in [0, 0.05) is 23.5 Å². The number of nitrogens with two attached hydrogens (primary N) is 2. The SMILES string of the molecule is COc1cc(N=Nc2cc(N)ccc2S(=O)(=O)O)c(C)cc1N=C([O-])Nc1cc(C)c(N=Nc2cc(N)ccc2S(=O)(=O)[O-])cc1OC.[Na+].[Na+]. The molecule has 0 heterocycles. The number of hydrogen-bond acceptors (Lipinski definition) is 15. The zero-order valence-corrected chi connectivity index (χ0v) is 33.3. The third-order valence-electron chi connectivity index (χ3n) is 6.52. The maximum atomic E-state index is 13.0. The van der Waals surface area contributed by atoms with E-state index in [0.29, 0.717) is 11.1 Å². The smallest absolute Gasteiger partial charge is 0.846 e.